The van der Waals surface area contributed by atoms with Gasteiger partial charge in [0.25, 0.3) is 0 Å². The van der Waals surface area contributed by atoms with Crippen molar-refractivity contribution < 1.29 is 9.53 Å². The Balaban J connectivity index is 2.16. The topological polar surface area (TPSA) is 65.2 Å². The van der Waals surface area contributed by atoms with Crippen LogP contribution < -0.4 is 5.73 Å². The van der Waals surface area contributed by atoms with Crippen LogP contribution >= 0.6 is 0 Å². The summed E-state index contributed by atoms with van der Waals surface area (Å²) >= 11 is 0. The van der Waals surface area contributed by atoms with Crippen molar-refractivity contribution in [2.45, 2.75) is 32.6 Å². The number of carbonyl (C=O) groups is 1. The minimum absolute atomic E-state index is 0.118. The van der Waals surface area contributed by atoms with E-state index in [1.54, 1.807) is 6.20 Å². The molecule has 0 amide bonds. The zero-order chi connectivity index (χ0) is 11.8. The minimum atomic E-state index is -0.118. The maximum Gasteiger partial charge on any atom is 0.305 e. The normalized spacial score (nSPS) is 10.1. The number of nitrogens with two attached hydrogens (primary N) is 1. The molecule has 4 heteroatoms. The number of rotatable bonds is 6. The number of pyridine rings is 1. The number of nitrogens with zero attached hydrogens (tertiary/aromatic N) is 1. The second kappa shape index (κ2) is 6.82. The molecule has 0 aliphatic heterocycles. The Morgan fingerprint density at radius 3 is 2.88 bits per heavy atom. The molecule has 0 aliphatic rings. The van der Waals surface area contributed by atoms with Gasteiger partial charge >= 0.3 is 5.97 Å². The van der Waals surface area contributed by atoms with E-state index >= 15 is 0 Å². The highest BCUT2D eigenvalue weighted by Crippen LogP contribution is 2.06. The molecule has 0 atom stereocenters. The molecule has 0 unspecified atom stereocenters. The fraction of sp³-hybridized carbons (Fsp3) is 0.500. The van der Waals surface area contributed by atoms with Gasteiger partial charge < -0.3 is 10.5 Å². The summed E-state index contributed by atoms with van der Waals surface area (Å²) in [4.78, 5) is 15.2. The Hall–Kier alpha value is -1.58. The number of hydrogen-bond donors (Lipinski definition) is 1. The Kier molecular flexibility index (Phi) is 5.32. The van der Waals surface area contributed by atoms with E-state index in [1.807, 2.05) is 19.1 Å². The molecule has 0 aromatic carbocycles. The van der Waals surface area contributed by atoms with Gasteiger partial charge in [-0.05, 0) is 38.3 Å². The van der Waals surface area contributed by atoms with E-state index in [2.05, 4.69) is 4.98 Å². The molecule has 0 bridgehead atoms. The number of nitrogen functional groups attached to an aromatic ring is 1. The lowest BCUT2D eigenvalue weighted by Crippen LogP contribution is -2.03. The lowest BCUT2D eigenvalue weighted by molar-refractivity contribution is -0.143. The Labute approximate surface area is 95.8 Å². The van der Waals surface area contributed by atoms with Gasteiger partial charge in [-0.15, -0.1) is 0 Å². The van der Waals surface area contributed by atoms with Crippen molar-refractivity contribution in [3.63, 3.8) is 0 Å². The first kappa shape index (κ1) is 12.5. The van der Waals surface area contributed by atoms with Gasteiger partial charge in [0, 0.05) is 12.1 Å². The summed E-state index contributed by atoms with van der Waals surface area (Å²) in [5.41, 5.74) is 7.22. The van der Waals surface area contributed by atoms with Crippen LogP contribution in [0, 0.1) is 0 Å². The quantitative estimate of drug-likeness (QED) is 0.590. The van der Waals surface area contributed by atoms with Gasteiger partial charge in [-0.2, -0.15) is 0 Å². The molecule has 16 heavy (non-hydrogen) atoms. The van der Waals surface area contributed by atoms with Crippen LogP contribution in [0.25, 0.3) is 0 Å². The van der Waals surface area contributed by atoms with Crippen LogP contribution in [0.4, 0.5) is 5.69 Å². The fourth-order valence-electron chi connectivity index (χ4n) is 1.39. The van der Waals surface area contributed by atoms with E-state index < -0.39 is 0 Å². The third kappa shape index (κ3) is 4.77. The largest absolute Gasteiger partial charge is 0.466 e. The van der Waals surface area contributed by atoms with Gasteiger partial charge in [-0.1, -0.05) is 0 Å². The van der Waals surface area contributed by atoms with Crippen molar-refractivity contribution in [2.75, 3.05) is 12.3 Å². The van der Waals surface area contributed by atoms with Gasteiger partial charge in [-0.3, -0.25) is 9.78 Å². The summed E-state index contributed by atoms with van der Waals surface area (Å²) in [6.07, 6.45) is 4.80. The average molecular weight is 222 g/mol. The SMILES string of the molecule is CCOC(=O)CCCCc1ccc(N)cn1. The second-order valence-corrected chi connectivity index (χ2v) is 3.59. The first-order valence-corrected chi connectivity index (χ1v) is 5.58. The minimum Gasteiger partial charge on any atom is -0.466 e. The standard InChI is InChI=1S/C12H18N2O2/c1-2-16-12(15)6-4-3-5-11-8-7-10(13)9-14-11/h7-9H,2-6,13H2,1H3. The summed E-state index contributed by atoms with van der Waals surface area (Å²) < 4.78 is 4.84. The first-order valence-electron chi connectivity index (χ1n) is 5.58. The van der Waals surface area contributed by atoms with Crippen LogP contribution in [-0.2, 0) is 16.0 Å². The molecule has 0 aliphatic carbocycles. The Bertz CT molecular complexity index is 322. The molecule has 1 aromatic rings. The van der Waals surface area contributed by atoms with Crippen molar-refractivity contribution >= 4 is 11.7 Å². The molecule has 0 radical (unpaired) electrons. The van der Waals surface area contributed by atoms with E-state index in [-0.39, 0.29) is 5.97 Å². The van der Waals surface area contributed by atoms with Crippen LogP contribution in [-0.4, -0.2) is 17.6 Å². The second-order valence-electron chi connectivity index (χ2n) is 3.59. The van der Waals surface area contributed by atoms with Crippen LogP contribution in [0.1, 0.15) is 31.9 Å². The van der Waals surface area contributed by atoms with Crippen molar-refractivity contribution in [1.29, 1.82) is 0 Å². The molecule has 1 aromatic heterocycles. The van der Waals surface area contributed by atoms with Crippen LogP contribution in [0.3, 0.4) is 0 Å². The highest BCUT2D eigenvalue weighted by Gasteiger charge is 2.01. The number of aryl methyl sites for hydroxylation is 1. The van der Waals surface area contributed by atoms with Gasteiger partial charge in [0.2, 0.25) is 0 Å². The van der Waals surface area contributed by atoms with Crippen LogP contribution in [0.5, 0.6) is 0 Å². The number of hydrogen-bond acceptors (Lipinski definition) is 4. The number of aromatic nitrogens is 1. The van der Waals surface area contributed by atoms with Gasteiger partial charge in [0.1, 0.15) is 0 Å². The fourth-order valence-corrected chi connectivity index (χ4v) is 1.39. The first-order chi connectivity index (χ1) is 7.72. The van der Waals surface area contributed by atoms with Gasteiger partial charge in [0.15, 0.2) is 0 Å². The predicted molar refractivity (Wildman–Crippen MR) is 62.8 cm³/mol. The van der Waals surface area contributed by atoms with Crippen LogP contribution in [0.15, 0.2) is 18.3 Å². The van der Waals surface area contributed by atoms with Gasteiger partial charge in [0.05, 0.1) is 18.5 Å². The van der Waals surface area contributed by atoms with Crippen LogP contribution in [0.2, 0.25) is 0 Å². The summed E-state index contributed by atoms with van der Waals surface area (Å²) in [5.74, 6) is -0.118. The summed E-state index contributed by atoms with van der Waals surface area (Å²) in [7, 11) is 0. The van der Waals surface area contributed by atoms with Crippen molar-refractivity contribution in [1.82, 2.24) is 4.98 Å². The average Bonchev–Trinajstić information content (AvgIpc) is 2.27. The molecule has 0 saturated carbocycles. The van der Waals surface area contributed by atoms with E-state index in [0.29, 0.717) is 18.7 Å². The van der Waals surface area contributed by atoms with E-state index in [4.69, 9.17) is 10.5 Å². The third-order valence-corrected chi connectivity index (χ3v) is 2.22. The molecule has 0 fully saturated rings. The highest BCUT2D eigenvalue weighted by atomic mass is 16.5. The zero-order valence-electron chi connectivity index (χ0n) is 9.61. The Morgan fingerprint density at radius 1 is 1.44 bits per heavy atom. The maximum absolute atomic E-state index is 11.0. The molecule has 0 spiro atoms. The smallest absolute Gasteiger partial charge is 0.305 e. The van der Waals surface area contributed by atoms with Crippen molar-refractivity contribution in [3.05, 3.63) is 24.0 Å². The lowest BCUT2D eigenvalue weighted by Gasteiger charge is -2.02. The van der Waals surface area contributed by atoms with Crippen molar-refractivity contribution in [3.8, 4) is 0 Å². The van der Waals surface area contributed by atoms with Gasteiger partial charge in [-0.25, -0.2) is 0 Å². The highest BCUT2D eigenvalue weighted by molar-refractivity contribution is 5.69. The monoisotopic (exact) mass is 222 g/mol. The molecular weight excluding hydrogens is 204 g/mol. The molecule has 4 nitrogen and oxygen atoms in total. The number of anilines is 1. The number of ether oxygens (including phenoxy) is 1. The molecule has 88 valence electrons. The summed E-state index contributed by atoms with van der Waals surface area (Å²) in [5, 5.41) is 0. The molecule has 0 saturated heterocycles. The lowest BCUT2D eigenvalue weighted by atomic mass is 10.1. The molecule has 1 rings (SSSR count). The van der Waals surface area contributed by atoms with Crippen molar-refractivity contribution in [2.24, 2.45) is 0 Å². The van der Waals surface area contributed by atoms with E-state index in [0.717, 1.165) is 25.0 Å². The number of unbranched alkanes of at least 4 members (excludes halogenated alkanes) is 1. The molecule has 2 N–H and O–H groups in total. The Morgan fingerprint density at radius 2 is 2.25 bits per heavy atom. The molecule has 1 heterocycles. The molecular formula is C12H18N2O2. The maximum atomic E-state index is 11.0. The predicted octanol–water partition coefficient (Wildman–Crippen LogP) is 1.94. The summed E-state index contributed by atoms with van der Waals surface area (Å²) in [6.45, 7) is 2.27. The number of esters is 1. The van der Waals surface area contributed by atoms with E-state index in [1.165, 1.54) is 0 Å². The zero-order valence-corrected chi connectivity index (χ0v) is 9.61. The third-order valence-electron chi connectivity index (χ3n) is 2.22. The van der Waals surface area contributed by atoms with E-state index in [9.17, 15) is 4.79 Å². The summed E-state index contributed by atoms with van der Waals surface area (Å²) in [6, 6.07) is 3.76. The number of carbonyl (C=O) groups excluding carboxylic acids is 1.